The van der Waals surface area contributed by atoms with Gasteiger partial charge in [0.1, 0.15) is 5.75 Å². The molecule has 2 aromatic carbocycles. The summed E-state index contributed by atoms with van der Waals surface area (Å²) < 4.78 is 22.8. The summed E-state index contributed by atoms with van der Waals surface area (Å²) in [4.78, 5) is 16.6. The third-order valence-corrected chi connectivity index (χ3v) is 4.54. The van der Waals surface area contributed by atoms with Crippen LogP contribution >= 0.6 is 15.9 Å². The molecule has 3 rings (SSSR count). The number of rotatable bonds is 7. The van der Waals surface area contributed by atoms with E-state index >= 15 is 0 Å². The van der Waals surface area contributed by atoms with Crippen LogP contribution in [0.15, 0.2) is 51.6 Å². The molecule has 0 atom stereocenters. The number of hydrogen-bond donors (Lipinski definition) is 0. The van der Waals surface area contributed by atoms with E-state index in [2.05, 4.69) is 20.9 Å². The van der Waals surface area contributed by atoms with Crippen molar-refractivity contribution >= 4 is 33.9 Å². The number of aliphatic imine (C=N–C) groups is 1. The van der Waals surface area contributed by atoms with Crippen molar-refractivity contribution in [3.63, 3.8) is 0 Å². The molecule has 1 aliphatic heterocycles. The summed E-state index contributed by atoms with van der Waals surface area (Å²) in [5, 5.41) is 0. The minimum atomic E-state index is -0.507. The Kier molecular flexibility index (Phi) is 6.59. The highest BCUT2D eigenvalue weighted by Gasteiger charge is 2.24. The van der Waals surface area contributed by atoms with E-state index in [1.807, 2.05) is 32.9 Å². The van der Waals surface area contributed by atoms with Crippen molar-refractivity contribution < 1.29 is 23.7 Å². The Morgan fingerprint density at radius 2 is 1.93 bits per heavy atom. The van der Waals surface area contributed by atoms with E-state index in [9.17, 15) is 4.79 Å². The quantitative estimate of drug-likeness (QED) is 0.431. The molecule has 0 spiro atoms. The van der Waals surface area contributed by atoms with Crippen molar-refractivity contribution in [1.29, 1.82) is 0 Å². The number of esters is 1. The largest absolute Gasteiger partial charge is 0.497 e. The third kappa shape index (κ3) is 4.98. The standard InChI is InChI=1S/C22H22BrNO5/c1-5-27-19-12-14(10-17(23)20(19)28-13(2)3)11-18-22(25)29-21(24-18)15-6-8-16(26-4)9-7-15/h6-13H,5H2,1-4H3. The molecule has 0 fully saturated rings. The van der Waals surface area contributed by atoms with Crippen LogP contribution in [0.5, 0.6) is 17.2 Å². The maximum Gasteiger partial charge on any atom is 0.363 e. The molecule has 1 heterocycles. The van der Waals surface area contributed by atoms with Crippen LogP contribution in [-0.4, -0.2) is 31.7 Å². The monoisotopic (exact) mass is 459 g/mol. The normalized spacial score (nSPS) is 14.8. The van der Waals surface area contributed by atoms with Crippen molar-refractivity contribution in [2.45, 2.75) is 26.9 Å². The van der Waals surface area contributed by atoms with Gasteiger partial charge in [-0.05, 0) is 84.7 Å². The Bertz CT molecular complexity index is 964. The Hall–Kier alpha value is -2.80. The number of carbonyl (C=O) groups is 1. The van der Waals surface area contributed by atoms with Gasteiger partial charge in [-0.15, -0.1) is 0 Å². The summed E-state index contributed by atoms with van der Waals surface area (Å²) in [6.07, 6.45) is 1.65. The van der Waals surface area contributed by atoms with E-state index in [0.717, 1.165) is 10.0 Å². The highest BCUT2D eigenvalue weighted by atomic mass is 79.9. The predicted octanol–water partition coefficient (Wildman–Crippen LogP) is 4.99. The molecule has 1 aliphatic rings. The Morgan fingerprint density at radius 1 is 1.21 bits per heavy atom. The maximum absolute atomic E-state index is 12.3. The fraction of sp³-hybridized carbons (Fsp3) is 0.273. The molecule has 0 aliphatic carbocycles. The SMILES string of the molecule is CCOc1cc(C=C2N=C(c3ccc(OC)cc3)OC2=O)cc(Br)c1OC(C)C. The lowest BCUT2D eigenvalue weighted by Crippen LogP contribution is -2.08. The van der Waals surface area contributed by atoms with E-state index in [4.69, 9.17) is 18.9 Å². The van der Waals surface area contributed by atoms with Gasteiger partial charge < -0.3 is 18.9 Å². The summed E-state index contributed by atoms with van der Waals surface area (Å²) in [6, 6.07) is 10.8. The van der Waals surface area contributed by atoms with Gasteiger partial charge >= 0.3 is 5.97 Å². The second kappa shape index (κ2) is 9.13. The molecular weight excluding hydrogens is 438 g/mol. The van der Waals surface area contributed by atoms with Crippen LogP contribution in [-0.2, 0) is 9.53 Å². The smallest absolute Gasteiger partial charge is 0.363 e. The van der Waals surface area contributed by atoms with Crippen LogP contribution in [0.2, 0.25) is 0 Å². The van der Waals surface area contributed by atoms with Crippen LogP contribution in [0.25, 0.3) is 6.08 Å². The molecule has 29 heavy (non-hydrogen) atoms. The second-order valence-corrected chi connectivity index (χ2v) is 7.35. The van der Waals surface area contributed by atoms with Gasteiger partial charge in [0.25, 0.3) is 0 Å². The van der Waals surface area contributed by atoms with Crippen LogP contribution < -0.4 is 14.2 Å². The topological polar surface area (TPSA) is 66.3 Å². The lowest BCUT2D eigenvalue weighted by Gasteiger charge is -2.16. The summed E-state index contributed by atoms with van der Waals surface area (Å²) in [7, 11) is 1.59. The van der Waals surface area contributed by atoms with E-state index in [-0.39, 0.29) is 17.7 Å². The molecule has 0 saturated heterocycles. The van der Waals surface area contributed by atoms with Gasteiger partial charge in [0.2, 0.25) is 5.90 Å². The molecule has 7 heteroatoms. The molecule has 6 nitrogen and oxygen atoms in total. The summed E-state index contributed by atoms with van der Waals surface area (Å²) >= 11 is 3.53. The molecule has 0 saturated carbocycles. The molecular formula is C22H22BrNO5. The average molecular weight is 460 g/mol. The number of carbonyl (C=O) groups excluding carboxylic acids is 1. The minimum absolute atomic E-state index is 0.00354. The van der Waals surface area contributed by atoms with E-state index in [1.165, 1.54) is 0 Å². The van der Waals surface area contributed by atoms with Gasteiger partial charge in [-0.25, -0.2) is 9.79 Å². The molecule has 0 bridgehead atoms. The van der Waals surface area contributed by atoms with Crippen LogP contribution in [0, 0.1) is 0 Å². The zero-order valence-electron chi connectivity index (χ0n) is 16.7. The lowest BCUT2D eigenvalue weighted by atomic mass is 10.1. The molecule has 0 unspecified atom stereocenters. The first-order chi connectivity index (χ1) is 13.9. The number of methoxy groups -OCH3 is 1. The van der Waals surface area contributed by atoms with E-state index in [0.29, 0.717) is 29.4 Å². The number of benzene rings is 2. The van der Waals surface area contributed by atoms with Gasteiger partial charge in [0, 0.05) is 5.56 Å². The van der Waals surface area contributed by atoms with E-state index < -0.39 is 5.97 Å². The third-order valence-electron chi connectivity index (χ3n) is 3.95. The van der Waals surface area contributed by atoms with Gasteiger partial charge in [-0.2, -0.15) is 0 Å². The van der Waals surface area contributed by atoms with Gasteiger partial charge in [-0.3, -0.25) is 0 Å². The minimum Gasteiger partial charge on any atom is -0.497 e. The molecule has 152 valence electrons. The molecule has 0 amide bonds. The fourth-order valence-electron chi connectivity index (χ4n) is 2.71. The van der Waals surface area contributed by atoms with Gasteiger partial charge in [0.15, 0.2) is 17.2 Å². The van der Waals surface area contributed by atoms with Crippen molar-refractivity contribution in [1.82, 2.24) is 0 Å². The first-order valence-electron chi connectivity index (χ1n) is 9.21. The summed E-state index contributed by atoms with van der Waals surface area (Å²) in [5.41, 5.74) is 1.64. The van der Waals surface area contributed by atoms with Gasteiger partial charge in [-0.1, -0.05) is 0 Å². The van der Waals surface area contributed by atoms with Crippen molar-refractivity contribution in [3.05, 3.63) is 57.7 Å². The van der Waals surface area contributed by atoms with Crippen molar-refractivity contribution in [2.75, 3.05) is 13.7 Å². The summed E-state index contributed by atoms with van der Waals surface area (Å²) in [5.74, 6) is 1.68. The zero-order chi connectivity index (χ0) is 21.0. The van der Waals surface area contributed by atoms with Crippen LogP contribution in [0.1, 0.15) is 31.9 Å². The molecule has 0 radical (unpaired) electrons. The number of ether oxygens (including phenoxy) is 4. The second-order valence-electron chi connectivity index (χ2n) is 6.49. The van der Waals surface area contributed by atoms with Crippen molar-refractivity contribution in [2.24, 2.45) is 4.99 Å². The average Bonchev–Trinajstić information content (AvgIpc) is 3.05. The first-order valence-corrected chi connectivity index (χ1v) is 10.0. The summed E-state index contributed by atoms with van der Waals surface area (Å²) in [6.45, 7) is 6.28. The van der Waals surface area contributed by atoms with E-state index in [1.54, 1.807) is 37.5 Å². The lowest BCUT2D eigenvalue weighted by molar-refractivity contribution is -0.129. The zero-order valence-corrected chi connectivity index (χ0v) is 18.3. The molecule has 0 N–H and O–H groups in total. The predicted molar refractivity (Wildman–Crippen MR) is 115 cm³/mol. The van der Waals surface area contributed by atoms with Crippen LogP contribution in [0.3, 0.4) is 0 Å². The highest BCUT2D eigenvalue weighted by Crippen LogP contribution is 2.38. The number of cyclic esters (lactones) is 1. The highest BCUT2D eigenvalue weighted by molar-refractivity contribution is 9.10. The fourth-order valence-corrected chi connectivity index (χ4v) is 3.26. The Morgan fingerprint density at radius 3 is 2.55 bits per heavy atom. The molecule has 0 aromatic heterocycles. The van der Waals surface area contributed by atoms with Crippen LogP contribution in [0.4, 0.5) is 0 Å². The maximum atomic E-state index is 12.3. The Balaban J connectivity index is 1.93. The first kappa shape index (κ1) is 20.9. The van der Waals surface area contributed by atoms with Gasteiger partial charge in [0.05, 0.1) is 24.3 Å². The number of hydrogen-bond acceptors (Lipinski definition) is 6. The Labute approximate surface area is 178 Å². The number of halogens is 1. The molecule has 2 aromatic rings. The number of nitrogens with zero attached hydrogens (tertiary/aromatic N) is 1. The van der Waals surface area contributed by atoms with Crippen molar-refractivity contribution in [3.8, 4) is 17.2 Å².